The molecule has 0 spiro atoms. The number of pyridine rings is 1. The monoisotopic (exact) mass is 283 g/mol. The van der Waals surface area contributed by atoms with Gasteiger partial charge in [0.2, 0.25) is 0 Å². The first-order valence-electron chi connectivity index (χ1n) is 4.88. The third kappa shape index (κ3) is 2.72. The summed E-state index contributed by atoms with van der Waals surface area (Å²) < 4.78 is 5.45. The zero-order chi connectivity index (χ0) is 13.1. The second kappa shape index (κ2) is 5.25. The zero-order valence-electron chi connectivity index (χ0n) is 8.93. The van der Waals surface area contributed by atoms with Crippen molar-refractivity contribution in [3.63, 3.8) is 0 Å². The fourth-order valence-corrected chi connectivity index (χ4v) is 1.75. The van der Waals surface area contributed by atoms with E-state index < -0.39 is 5.97 Å². The van der Waals surface area contributed by atoms with Gasteiger partial charge in [-0.15, -0.1) is 0 Å². The van der Waals surface area contributed by atoms with E-state index in [9.17, 15) is 4.79 Å². The van der Waals surface area contributed by atoms with Gasteiger partial charge in [0.05, 0.1) is 5.02 Å². The highest BCUT2D eigenvalue weighted by Gasteiger charge is 2.13. The summed E-state index contributed by atoms with van der Waals surface area (Å²) in [5, 5.41) is 9.76. The summed E-state index contributed by atoms with van der Waals surface area (Å²) in [5.74, 6) is -0.625. The summed E-state index contributed by atoms with van der Waals surface area (Å²) in [6.45, 7) is 0. The van der Waals surface area contributed by atoms with Gasteiger partial charge in [0.25, 0.3) is 0 Å². The molecule has 1 aromatic heterocycles. The molecule has 0 fully saturated rings. The number of hydrogen-bond donors (Lipinski definition) is 1. The van der Waals surface area contributed by atoms with Gasteiger partial charge in [-0.25, -0.2) is 4.79 Å². The smallest absolute Gasteiger partial charge is 0.341 e. The van der Waals surface area contributed by atoms with E-state index in [1.807, 2.05) is 0 Å². The maximum atomic E-state index is 11.0. The first-order valence-corrected chi connectivity index (χ1v) is 5.63. The summed E-state index contributed by atoms with van der Waals surface area (Å²) >= 11 is 11.7. The second-order valence-corrected chi connectivity index (χ2v) is 4.20. The van der Waals surface area contributed by atoms with E-state index in [4.69, 9.17) is 33.0 Å². The van der Waals surface area contributed by atoms with Crippen LogP contribution in [0.3, 0.4) is 0 Å². The molecule has 2 rings (SSSR count). The summed E-state index contributed by atoms with van der Waals surface area (Å²) in [4.78, 5) is 14.7. The van der Waals surface area contributed by atoms with Crippen molar-refractivity contribution in [1.29, 1.82) is 0 Å². The molecule has 0 bridgehead atoms. The summed E-state index contributed by atoms with van der Waals surface area (Å²) in [7, 11) is 0. The lowest BCUT2D eigenvalue weighted by atomic mass is 10.2. The van der Waals surface area contributed by atoms with Crippen LogP contribution in [0.2, 0.25) is 10.0 Å². The van der Waals surface area contributed by atoms with Crippen LogP contribution in [0.5, 0.6) is 11.5 Å². The standard InChI is InChI=1S/C12H7Cl2NO3/c13-7-1-2-11(9(14)5-7)18-10-3-4-15-6-8(10)12(16)17/h1-6H,(H,16,17). The lowest BCUT2D eigenvalue weighted by Crippen LogP contribution is -2.00. The highest BCUT2D eigenvalue weighted by molar-refractivity contribution is 6.35. The van der Waals surface area contributed by atoms with Gasteiger partial charge in [-0.2, -0.15) is 0 Å². The average Bonchev–Trinajstić information content (AvgIpc) is 2.33. The molecule has 4 nitrogen and oxygen atoms in total. The lowest BCUT2D eigenvalue weighted by molar-refractivity contribution is 0.0693. The molecule has 0 aliphatic carbocycles. The number of rotatable bonds is 3. The van der Waals surface area contributed by atoms with Crippen LogP contribution < -0.4 is 4.74 Å². The fraction of sp³-hybridized carbons (Fsp3) is 0. The number of carbonyl (C=O) groups is 1. The third-order valence-electron chi connectivity index (χ3n) is 2.13. The van der Waals surface area contributed by atoms with E-state index in [2.05, 4.69) is 4.98 Å². The molecule has 0 aliphatic rings. The molecule has 0 atom stereocenters. The minimum Gasteiger partial charge on any atom is -0.477 e. The van der Waals surface area contributed by atoms with Gasteiger partial charge in [0.1, 0.15) is 17.1 Å². The minimum absolute atomic E-state index is 0.0384. The number of aromatic carboxylic acids is 1. The number of hydrogen-bond acceptors (Lipinski definition) is 3. The molecular weight excluding hydrogens is 277 g/mol. The predicted molar refractivity (Wildman–Crippen MR) is 67.7 cm³/mol. The van der Waals surface area contributed by atoms with Crippen LogP contribution in [0.4, 0.5) is 0 Å². The molecule has 0 amide bonds. The van der Waals surface area contributed by atoms with Crippen LogP contribution in [0.15, 0.2) is 36.7 Å². The summed E-state index contributed by atoms with van der Waals surface area (Å²) in [5.41, 5.74) is -0.0384. The molecule has 1 N–H and O–H groups in total. The molecule has 0 radical (unpaired) electrons. The van der Waals surface area contributed by atoms with Crippen LogP contribution >= 0.6 is 23.2 Å². The third-order valence-corrected chi connectivity index (χ3v) is 2.66. The SMILES string of the molecule is O=C(O)c1cnccc1Oc1ccc(Cl)cc1Cl. The molecule has 0 aliphatic heterocycles. The van der Waals surface area contributed by atoms with Crippen LogP contribution in [0.1, 0.15) is 10.4 Å². The number of aromatic nitrogens is 1. The van der Waals surface area contributed by atoms with Crippen molar-refractivity contribution < 1.29 is 14.6 Å². The summed E-state index contributed by atoms with van der Waals surface area (Å²) in [6.07, 6.45) is 2.65. The topological polar surface area (TPSA) is 59.4 Å². The van der Waals surface area contributed by atoms with Gasteiger partial charge >= 0.3 is 5.97 Å². The first kappa shape index (κ1) is 12.7. The lowest BCUT2D eigenvalue weighted by Gasteiger charge is -2.09. The van der Waals surface area contributed by atoms with Gasteiger partial charge < -0.3 is 9.84 Å². The van der Waals surface area contributed by atoms with Crippen molar-refractivity contribution in [2.75, 3.05) is 0 Å². The van der Waals surface area contributed by atoms with Crippen molar-refractivity contribution in [3.05, 3.63) is 52.3 Å². The Kier molecular flexibility index (Phi) is 3.69. The Morgan fingerprint density at radius 2 is 2.00 bits per heavy atom. The van der Waals surface area contributed by atoms with Crippen LogP contribution in [-0.4, -0.2) is 16.1 Å². The molecule has 1 aromatic carbocycles. The van der Waals surface area contributed by atoms with Gasteiger partial charge in [-0.05, 0) is 18.2 Å². The van der Waals surface area contributed by atoms with E-state index in [1.165, 1.54) is 24.5 Å². The Morgan fingerprint density at radius 3 is 2.67 bits per heavy atom. The maximum absolute atomic E-state index is 11.0. The molecule has 0 unspecified atom stereocenters. The van der Waals surface area contributed by atoms with Crippen molar-refractivity contribution in [1.82, 2.24) is 4.98 Å². The highest BCUT2D eigenvalue weighted by Crippen LogP contribution is 2.32. The largest absolute Gasteiger partial charge is 0.477 e. The number of halogens is 2. The van der Waals surface area contributed by atoms with Crippen LogP contribution in [0.25, 0.3) is 0 Å². The van der Waals surface area contributed by atoms with E-state index in [-0.39, 0.29) is 11.3 Å². The van der Waals surface area contributed by atoms with E-state index >= 15 is 0 Å². The molecule has 1 heterocycles. The van der Waals surface area contributed by atoms with Crippen molar-refractivity contribution in [2.45, 2.75) is 0 Å². The molecule has 2 aromatic rings. The fourth-order valence-electron chi connectivity index (χ4n) is 1.31. The van der Waals surface area contributed by atoms with Crippen molar-refractivity contribution in [2.24, 2.45) is 0 Å². The normalized spacial score (nSPS) is 10.1. The van der Waals surface area contributed by atoms with E-state index in [0.29, 0.717) is 15.8 Å². The average molecular weight is 284 g/mol. The van der Waals surface area contributed by atoms with Gasteiger partial charge in [-0.3, -0.25) is 4.98 Å². The Labute approximate surface area is 113 Å². The molecule has 0 saturated carbocycles. The Hall–Kier alpha value is -1.78. The molecular formula is C12H7Cl2NO3. The van der Waals surface area contributed by atoms with Crippen LogP contribution in [0, 0.1) is 0 Å². The minimum atomic E-state index is -1.12. The maximum Gasteiger partial charge on any atom is 0.341 e. The van der Waals surface area contributed by atoms with Crippen molar-refractivity contribution in [3.8, 4) is 11.5 Å². The van der Waals surface area contributed by atoms with Crippen molar-refractivity contribution >= 4 is 29.2 Å². The van der Waals surface area contributed by atoms with Gasteiger partial charge in [0, 0.05) is 23.5 Å². The van der Waals surface area contributed by atoms with E-state index in [0.717, 1.165) is 0 Å². The van der Waals surface area contributed by atoms with Crippen LogP contribution in [-0.2, 0) is 0 Å². The number of carboxylic acid groups (broad SMARTS) is 1. The number of benzene rings is 1. The Balaban J connectivity index is 2.37. The molecule has 6 heteroatoms. The molecule has 0 saturated heterocycles. The zero-order valence-corrected chi connectivity index (χ0v) is 10.4. The number of carboxylic acids is 1. The van der Waals surface area contributed by atoms with Gasteiger partial charge in [0.15, 0.2) is 0 Å². The number of ether oxygens (including phenoxy) is 1. The quantitative estimate of drug-likeness (QED) is 0.929. The number of nitrogens with zero attached hydrogens (tertiary/aromatic N) is 1. The summed E-state index contributed by atoms with van der Waals surface area (Å²) in [6, 6.07) is 6.13. The molecule has 18 heavy (non-hydrogen) atoms. The van der Waals surface area contributed by atoms with E-state index in [1.54, 1.807) is 12.1 Å². The second-order valence-electron chi connectivity index (χ2n) is 3.35. The Morgan fingerprint density at radius 1 is 1.22 bits per heavy atom. The van der Waals surface area contributed by atoms with Gasteiger partial charge in [-0.1, -0.05) is 23.2 Å². The molecule has 92 valence electrons. The highest BCUT2D eigenvalue weighted by atomic mass is 35.5. The predicted octanol–water partition coefficient (Wildman–Crippen LogP) is 3.88. The Bertz CT molecular complexity index is 602. The first-order chi connectivity index (χ1) is 8.58.